The summed E-state index contributed by atoms with van der Waals surface area (Å²) in [6.07, 6.45) is 2.55. The Hall–Kier alpha value is -0.860. The van der Waals surface area contributed by atoms with Gasteiger partial charge in [0.2, 0.25) is 0 Å². The molecule has 88 valence electrons. The molecule has 1 aromatic rings. The Kier molecular flexibility index (Phi) is 3.62. The summed E-state index contributed by atoms with van der Waals surface area (Å²) in [6.45, 7) is 3.66. The third-order valence-electron chi connectivity index (χ3n) is 3.68. The molecule has 1 aliphatic heterocycles. The third-order valence-corrected chi connectivity index (χ3v) is 3.68. The lowest BCUT2D eigenvalue weighted by Crippen LogP contribution is -2.32. The van der Waals surface area contributed by atoms with Crippen LogP contribution in [0.4, 0.5) is 0 Å². The summed E-state index contributed by atoms with van der Waals surface area (Å²) in [5.74, 6) is 0.818. The van der Waals surface area contributed by atoms with E-state index in [1.165, 1.54) is 24.9 Å². The molecule has 2 heteroatoms. The Bertz CT molecular complexity index is 333. The van der Waals surface area contributed by atoms with E-state index in [2.05, 4.69) is 31.0 Å². The van der Waals surface area contributed by atoms with E-state index in [0.29, 0.717) is 6.04 Å². The second-order valence-electron chi connectivity index (χ2n) is 5.03. The van der Waals surface area contributed by atoms with Crippen molar-refractivity contribution in [2.24, 2.45) is 5.92 Å². The van der Waals surface area contributed by atoms with Crippen LogP contribution in [0.3, 0.4) is 0 Å². The predicted molar refractivity (Wildman–Crippen MR) is 66.1 cm³/mol. The third kappa shape index (κ3) is 2.45. The molecule has 0 aliphatic carbocycles. The van der Waals surface area contributed by atoms with Gasteiger partial charge in [-0.2, -0.15) is 0 Å². The van der Waals surface area contributed by atoms with Crippen molar-refractivity contribution >= 4 is 0 Å². The molecule has 1 N–H and O–H groups in total. The average Bonchev–Trinajstić information content (AvgIpc) is 2.32. The number of hydrogen-bond donors (Lipinski definition) is 1. The van der Waals surface area contributed by atoms with Gasteiger partial charge in [0.25, 0.3) is 0 Å². The zero-order valence-corrected chi connectivity index (χ0v) is 10.2. The summed E-state index contributed by atoms with van der Waals surface area (Å²) in [7, 11) is 2.20. The van der Waals surface area contributed by atoms with E-state index in [1.807, 2.05) is 12.1 Å². The average molecular weight is 219 g/mol. The largest absolute Gasteiger partial charge is 0.392 e. The molecule has 0 aromatic heterocycles. The van der Waals surface area contributed by atoms with Crippen molar-refractivity contribution in [2.45, 2.75) is 32.4 Å². The Balaban J connectivity index is 2.15. The molecule has 1 fully saturated rings. The maximum atomic E-state index is 9.02. The summed E-state index contributed by atoms with van der Waals surface area (Å²) in [5, 5.41) is 9.02. The summed E-state index contributed by atoms with van der Waals surface area (Å²) in [6, 6.07) is 8.93. The van der Waals surface area contributed by atoms with Gasteiger partial charge in [-0.05, 0) is 43.5 Å². The van der Waals surface area contributed by atoms with E-state index in [9.17, 15) is 0 Å². The first-order valence-electron chi connectivity index (χ1n) is 6.10. The maximum Gasteiger partial charge on any atom is 0.0681 e. The summed E-state index contributed by atoms with van der Waals surface area (Å²) >= 11 is 0. The van der Waals surface area contributed by atoms with E-state index in [-0.39, 0.29) is 6.61 Å². The fourth-order valence-corrected chi connectivity index (χ4v) is 2.49. The topological polar surface area (TPSA) is 23.5 Å². The molecular formula is C14H21NO. The molecule has 1 aliphatic rings. The number of aliphatic hydroxyl groups excluding tert-OH is 1. The van der Waals surface area contributed by atoms with Crippen molar-refractivity contribution in [1.29, 1.82) is 0 Å². The van der Waals surface area contributed by atoms with Crippen LogP contribution in [0.25, 0.3) is 0 Å². The Labute approximate surface area is 97.9 Å². The Morgan fingerprint density at radius 3 is 2.62 bits per heavy atom. The van der Waals surface area contributed by atoms with E-state index >= 15 is 0 Å². The first-order valence-corrected chi connectivity index (χ1v) is 6.10. The zero-order valence-electron chi connectivity index (χ0n) is 10.2. The number of rotatable bonds is 2. The van der Waals surface area contributed by atoms with Gasteiger partial charge in [-0.3, -0.25) is 4.90 Å². The van der Waals surface area contributed by atoms with Crippen molar-refractivity contribution in [3.8, 4) is 0 Å². The Morgan fingerprint density at radius 1 is 1.31 bits per heavy atom. The maximum absolute atomic E-state index is 9.02. The molecule has 0 amide bonds. The van der Waals surface area contributed by atoms with Crippen molar-refractivity contribution < 1.29 is 5.11 Å². The molecule has 1 heterocycles. The second kappa shape index (κ2) is 4.98. The van der Waals surface area contributed by atoms with Gasteiger partial charge >= 0.3 is 0 Å². The summed E-state index contributed by atoms with van der Waals surface area (Å²) in [4.78, 5) is 2.44. The lowest BCUT2D eigenvalue weighted by molar-refractivity contribution is 0.150. The highest BCUT2D eigenvalue weighted by Gasteiger charge is 2.24. The highest BCUT2D eigenvalue weighted by Crippen LogP contribution is 2.32. The summed E-state index contributed by atoms with van der Waals surface area (Å²) < 4.78 is 0. The van der Waals surface area contributed by atoms with Gasteiger partial charge in [0.05, 0.1) is 6.61 Å². The van der Waals surface area contributed by atoms with Gasteiger partial charge < -0.3 is 5.11 Å². The van der Waals surface area contributed by atoms with Crippen LogP contribution >= 0.6 is 0 Å². The normalized spacial score (nSPS) is 26.9. The van der Waals surface area contributed by atoms with Gasteiger partial charge in [-0.15, -0.1) is 0 Å². The van der Waals surface area contributed by atoms with Crippen LogP contribution in [-0.2, 0) is 6.61 Å². The monoisotopic (exact) mass is 219 g/mol. The lowest BCUT2D eigenvalue weighted by atomic mass is 9.88. The van der Waals surface area contributed by atoms with Gasteiger partial charge in [0, 0.05) is 6.04 Å². The fourth-order valence-electron chi connectivity index (χ4n) is 2.49. The minimum absolute atomic E-state index is 0.136. The molecule has 0 saturated carbocycles. The van der Waals surface area contributed by atoms with Gasteiger partial charge in [0.1, 0.15) is 0 Å². The predicted octanol–water partition coefficient (Wildman–Crippen LogP) is 2.58. The number of aliphatic hydroxyl groups is 1. The number of likely N-dealkylation sites (tertiary alicyclic amines) is 1. The van der Waals surface area contributed by atoms with E-state index < -0.39 is 0 Å². The van der Waals surface area contributed by atoms with Crippen LogP contribution in [-0.4, -0.2) is 23.6 Å². The van der Waals surface area contributed by atoms with Crippen molar-refractivity contribution in [1.82, 2.24) is 4.90 Å². The zero-order chi connectivity index (χ0) is 11.5. The van der Waals surface area contributed by atoms with Crippen LogP contribution in [0.1, 0.15) is 36.9 Å². The highest BCUT2D eigenvalue weighted by atomic mass is 16.3. The smallest absolute Gasteiger partial charge is 0.0681 e. The summed E-state index contributed by atoms with van der Waals surface area (Å²) in [5.41, 5.74) is 2.38. The standard InChI is InChI=1S/C14H21NO/c1-11-7-8-15(2)14(9-11)13-5-3-12(10-16)4-6-13/h3-6,11,14,16H,7-10H2,1-2H3. The first kappa shape index (κ1) is 11.6. The minimum Gasteiger partial charge on any atom is -0.392 e. The molecule has 2 rings (SSSR count). The molecule has 1 aromatic carbocycles. The molecule has 0 bridgehead atoms. The number of benzene rings is 1. The first-order chi connectivity index (χ1) is 7.70. The molecule has 16 heavy (non-hydrogen) atoms. The van der Waals surface area contributed by atoms with Crippen molar-refractivity contribution in [3.63, 3.8) is 0 Å². The fraction of sp³-hybridized carbons (Fsp3) is 0.571. The van der Waals surface area contributed by atoms with Crippen molar-refractivity contribution in [3.05, 3.63) is 35.4 Å². The SMILES string of the molecule is CC1CCN(C)C(c2ccc(CO)cc2)C1. The number of hydrogen-bond acceptors (Lipinski definition) is 2. The number of nitrogens with zero attached hydrogens (tertiary/aromatic N) is 1. The molecule has 2 atom stereocenters. The molecule has 2 nitrogen and oxygen atoms in total. The highest BCUT2D eigenvalue weighted by molar-refractivity contribution is 5.25. The van der Waals surface area contributed by atoms with E-state index in [4.69, 9.17) is 5.11 Å². The van der Waals surface area contributed by atoms with Crippen LogP contribution in [0.2, 0.25) is 0 Å². The number of piperidine rings is 1. The van der Waals surface area contributed by atoms with Crippen LogP contribution in [0, 0.1) is 5.92 Å². The quantitative estimate of drug-likeness (QED) is 0.826. The van der Waals surface area contributed by atoms with E-state index in [0.717, 1.165) is 11.5 Å². The molecule has 0 spiro atoms. The molecule has 1 saturated heterocycles. The van der Waals surface area contributed by atoms with Gasteiger partial charge in [-0.25, -0.2) is 0 Å². The van der Waals surface area contributed by atoms with Gasteiger partial charge in [-0.1, -0.05) is 31.2 Å². The lowest BCUT2D eigenvalue weighted by Gasteiger charge is -2.36. The van der Waals surface area contributed by atoms with E-state index in [1.54, 1.807) is 0 Å². The van der Waals surface area contributed by atoms with Crippen molar-refractivity contribution in [2.75, 3.05) is 13.6 Å². The molecular weight excluding hydrogens is 198 g/mol. The van der Waals surface area contributed by atoms with Crippen LogP contribution in [0.15, 0.2) is 24.3 Å². The molecule has 2 unspecified atom stereocenters. The van der Waals surface area contributed by atoms with Crippen LogP contribution in [0.5, 0.6) is 0 Å². The van der Waals surface area contributed by atoms with Gasteiger partial charge in [0.15, 0.2) is 0 Å². The Morgan fingerprint density at radius 2 is 2.00 bits per heavy atom. The second-order valence-corrected chi connectivity index (χ2v) is 5.03. The minimum atomic E-state index is 0.136. The molecule has 0 radical (unpaired) electrons. The van der Waals surface area contributed by atoms with Crippen LogP contribution < -0.4 is 0 Å².